The number of aliphatic imine (C=N–C) groups is 1. The standard InChI is InChI=1S/C19H31N3O4.HI/c1-7-20-18(22-13-17(23)26-19(2,3)4)21-11-10-14-8-9-15(24-5)16(12-14)25-6;/h8-9,12H,7,10-11,13H2,1-6H3,(H2,20,21,22);1H. The normalized spacial score (nSPS) is 11.3. The van der Waals surface area contributed by atoms with E-state index in [2.05, 4.69) is 15.6 Å². The molecule has 0 unspecified atom stereocenters. The predicted octanol–water partition coefficient (Wildman–Crippen LogP) is 2.76. The molecule has 0 spiro atoms. The molecule has 0 amide bonds. The van der Waals surface area contributed by atoms with E-state index in [-0.39, 0.29) is 36.5 Å². The van der Waals surface area contributed by atoms with Crippen LogP contribution in [0.15, 0.2) is 23.2 Å². The summed E-state index contributed by atoms with van der Waals surface area (Å²) in [5.74, 6) is 1.64. The fourth-order valence-electron chi connectivity index (χ4n) is 2.22. The number of nitrogens with zero attached hydrogens (tertiary/aromatic N) is 1. The van der Waals surface area contributed by atoms with Crippen LogP contribution in [0.5, 0.6) is 11.5 Å². The molecular formula is C19H32IN3O4. The van der Waals surface area contributed by atoms with Crippen molar-refractivity contribution < 1.29 is 19.0 Å². The van der Waals surface area contributed by atoms with Gasteiger partial charge in [0.25, 0.3) is 0 Å². The van der Waals surface area contributed by atoms with Gasteiger partial charge in [0.2, 0.25) is 0 Å². The van der Waals surface area contributed by atoms with Gasteiger partial charge < -0.3 is 24.8 Å². The summed E-state index contributed by atoms with van der Waals surface area (Å²) in [4.78, 5) is 16.0. The summed E-state index contributed by atoms with van der Waals surface area (Å²) in [5.41, 5.74) is 0.601. The summed E-state index contributed by atoms with van der Waals surface area (Å²) in [6.45, 7) is 8.82. The Balaban J connectivity index is 0.00000676. The summed E-state index contributed by atoms with van der Waals surface area (Å²) in [6, 6.07) is 5.83. The number of esters is 1. The molecule has 0 saturated heterocycles. The number of hydrogen-bond donors (Lipinski definition) is 2. The zero-order valence-corrected chi connectivity index (χ0v) is 19.4. The van der Waals surface area contributed by atoms with Crippen LogP contribution >= 0.6 is 24.0 Å². The first kappa shape index (κ1) is 25.3. The van der Waals surface area contributed by atoms with Crippen molar-refractivity contribution in [2.45, 2.75) is 39.7 Å². The van der Waals surface area contributed by atoms with Crippen LogP contribution in [-0.2, 0) is 16.0 Å². The average Bonchev–Trinajstić information content (AvgIpc) is 2.58. The second kappa shape index (κ2) is 12.6. The van der Waals surface area contributed by atoms with E-state index in [0.717, 1.165) is 12.0 Å². The number of guanidine groups is 1. The number of rotatable bonds is 8. The Kier molecular flexibility index (Phi) is 11.8. The molecule has 0 aliphatic rings. The molecule has 0 saturated carbocycles. The lowest BCUT2D eigenvalue weighted by Crippen LogP contribution is -2.39. The Labute approximate surface area is 179 Å². The number of methoxy groups -OCH3 is 2. The van der Waals surface area contributed by atoms with Crippen molar-refractivity contribution >= 4 is 35.9 Å². The van der Waals surface area contributed by atoms with Gasteiger partial charge in [-0.1, -0.05) is 6.07 Å². The third-order valence-corrected chi connectivity index (χ3v) is 3.28. The maximum atomic E-state index is 11.8. The molecule has 1 aromatic rings. The quantitative estimate of drug-likeness (QED) is 0.251. The first-order valence-corrected chi connectivity index (χ1v) is 8.74. The van der Waals surface area contributed by atoms with Gasteiger partial charge in [0.1, 0.15) is 12.1 Å². The van der Waals surface area contributed by atoms with Crippen LogP contribution in [0.2, 0.25) is 0 Å². The highest BCUT2D eigenvalue weighted by molar-refractivity contribution is 14.0. The van der Waals surface area contributed by atoms with Crippen LogP contribution in [0.1, 0.15) is 33.3 Å². The molecule has 0 bridgehead atoms. The molecule has 0 atom stereocenters. The van der Waals surface area contributed by atoms with Crippen molar-refractivity contribution in [2.75, 3.05) is 33.9 Å². The number of carbonyl (C=O) groups is 1. The van der Waals surface area contributed by atoms with E-state index < -0.39 is 5.60 Å². The van der Waals surface area contributed by atoms with Crippen LogP contribution in [0.25, 0.3) is 0 Å². The van der Waals surface area contributed by atoms with Gasteiger partial charge in [-0.15, -0.1) is 24.0 Å². The molecule has 0 aliphatic carbocycles. The number of ether oxygens (including phenoxy) is 3. The Morgan fingerprint density at radius 3 is 2.33 bits per heavy atom. The highest BCUT2D eigenvalue weighted by Crippen LogP contribution is 2.27. The van der Waals surface area contributed by atoms with Crippen molar-refractivity contribution in [1.82, 2.24) is 10.6 Å². The van der Waals surface area contributed by atoms with Gasteiger partial charge in [-0.3, -0.25) is 4.79 Å². The lowest BCUT2D eigenvalue weighted by Gasteiger charge is -2.19. The van der Waals surface area contributed by atoms with Gasteiger partial charge >= 0.3 is 5.97 Å². The smallest absolute Gasteiger partial charge is 0.328 e. The molecule has 2 N–H and O–H groups in total. The summed E-state index contributed by atoms with van der Waals surface area (Å²) >= 11 is 0. The lowest BCUT2D eigenvalue weighted by molar-refractivity contribution is -0.152. The molecule has 7 nitrogen and oxygen atoms in total. The van der Waals surface area contributed by atoms with E-state index in [4.69, 9.17) is 14.2 Å². The minimum absolute atomic E-state index is 0. The topological polar surface area (TPSA) is 81.2 Å². The van der Waals surface area contributed by atoms with Crippen LogP contribution < -0.4 is 20.1 Å². The summed E-state index contributed by atoms with van der Waals surface area (Å²) in [5, 5.41) is 6.33. The monoisotopic (exact) mass is 493 g/mol. The largest absolute Gasteiger partial charge is 0.493 e. The van der Waals surface area contributed by atoms with E-state index in [1.165, 1.54) is 0 Å². The van der Waals surface area contributed by atoms with Gasteiger partial charge in [0, 0.05) is 13.1 Å². The molecule has 1 rings (SSSR count). The molecule has 0 fully saturated rings. The molecule has 0 radical (unpaired) electrons. The molecule has 1 aromatic carbocycles. The van der Waals surface area contributed by atoms with Gasteiger partial charge in [-0.2, -0.15) is 0 Å². The Hall–Kier alpha value is -1.71. The van der Waals surface area contributed by atoms with E-state index in [1.54, 1.807) is 14.2 Å². The number of carbonyl (C=O) groups excluding carboxylic acids is 1. The Morgan fingerprint density at radius 2 is 1.78 bits per heavy atom. The van der Waals surface area contributed by atoms with E-state index in [0.29, 0.717) is 30.5 Å². The molecule has 27 heavy (non-hydrogen) atoms. The maximum absolute atomic E-state index is 11.8. The molecule has 154 valence electrons. The number of halogens is 1. The van der Waals surface area contributed by atoms with Crippen molar-refractivity contribution in [3.63, 3.8) is 0 Å². The van der Waals surface area contributed by atoms with Crippen LogP contribution in [0, 0.1) is 0 Å². The zero-order chi connectivity index (χ0) is 19.6. The van der Waals surface area contributed by atoms with Gasteiger partial charge in [0.15, 0.2) is 17.5 Å². The van der Waals surface area contributed by atoms with E-state index in [9.17, 15) is 4.79 Å². The first-order valence-electron chi connectivity index (χ1n) is 8.74. The van der Waals surface area contributed by atoms with Gasteiger partial charge in [0.05, 0.1) is 14.2 Å². The number of hydrogen-bond acceptors (Lipinski definition) is 5. The van der Waals surface area contributed by atoms with E-state index >= 15 is 0 Å². The molecule has 8 heteroatoms. The highest BCUT2D eigenvalue weighted by Gasteiger charge is 2.15. The molecular weight excluding hydrogens is 461 g/mol. The van der Waals surface area contributed by atoms with Gasteiger partial charge in [-0.05, 0) is 51.8 Å². The summed E-state index contributed by atoms with van der Waals surface area (Å²) in [6.07, 6.45) is 0.775. The van der Waals surface area contributed by atoms with Crippen molar-refractivity contribution in [3.05, 3.63) is 23.8 Å². The van der Waals surface area contributed by atoms with Crippen LogP contribution in [0.3, 0.4) is 0 Å². The molecule has 0 heterocycles. The second-order valence-corrected chi connectivity index (χ2v) is 6.65. The molecule has 0 aliphatic heterocycles. The minimum Gasteiger partial charge on any atom is -0.493 e. The summed E-state index contributed by atoms with van der Waals surface area (Å²) in [7, 11) is 3.23. The zero-order valence-electron chi connectivity index (χ0n) is 17.0. The Bertz CT molecular complexity index is 615. The van der Waals surface area contributed by atoms with Crippen molar-refractivity contribution in [2.24, 2.45) is 4.99 Å². The third-order valence-electron chi connectivity index (χ3n) is 3.28. The van der Waals surface area contributed by atoms with Crippen molar-refractivity contribution in [3.8, 4) is 11.5 Å². The number of benzene rings is 1. The minimum atomic E-state index is -0.508. The molecule has 0 aromatic heterocycles. The fraction of sp³-hybridized carbons (Fsp3) is 0.579. The van der Waals surface area contributed by atoms with Gasteiger partial charge in [-0.25, -0.2) is 4.99 Å². The average molecular weight is 493 g/mol. The third kappa shape index (κ3) is 10.3. The van der Waals surface area contributed by atoms with Crippen LogP contribution in [0.4, 0.5) is 0 Å². The second-order valence-electron chi connectivity index (χ2n) is 6.65. The summed E-state index contributed by atoms with van der Waals surface area (Å²) < 4.78 is 15.8. The van der Waals surface area contributed by atoms with Crippen molar-refractivity contribution in [1.29, 1.82) is 0 Å². The number of nitrogens with one attached hydrogen (secondary N) is 2. The SMILES string of the molecule is CCNC(=NCC(=O)OC(C)(C)C)NCCc1ccc(OC)c(OC)c1.I. The van der Waals surface area contributed by atoms with Crippen LogP contribution in [-0.4, -0.2) is 51.4 Å². The maximum Gasteiger partial charge on any atom is 0.328 e. The lowest BCUT2D eigenvalue weighted by atomic mass is 10.1. The fourth-order valence-corrected chi connectivity index (χ4v) is 2.22. The first-order chi connectivity index (χ1) is 12.3. The van der Waals surface area contributed by atoms with E-state index in [1.807, 2.05) is 45.9 Å². The highest BCUT2D eigenvalue weighted by atomic mass is 127. The predicted molar refractivity (Wildman–Crippen MR) is 118 cm³/mol. The Morgan fingerprint density at radius 1 is 1.11 bits per heavy atom.